The molecule has 0 aromatic heterocycles. The van der Waals surface area contributed by atoms with Gasteiger partial charge >= 0.3 is 0 Å². The zero-order valence-corrected chi connectivity index (χ0v) is 13.7. The molecule has 1 aliphatic rings. The summed E-state index contributed by atoms with van der Waals surface area (Å²) in [4.78, 5) is 0. The van der Waals surface area contributed by atoms with Crippen LogP contribution in [-0.2, 0) is 6.54 Å². The van der Waals surface area contributed by atoms with Crippen molar-refractivity contribution < 1.29 is 5.11 Å². The molecule has 122 valence electrons. The molecule has 0 radical (unpaired) electrons. The molecule has 2 nitrogen and oxygen atoms in total. The molecule has 0 spiro atoms. The van der Waals surface area contributed by atoms with Gasteiger partial charge in [0.1, 0.15) is 0 Å². The second-order valence-electron chi connectivity index (χ2n) is 6.61. The van der Waals surface area contributed by atoms with Gasteiger partial charge in [0, 0.05) is 25.1 Å². The van der Waals surface area contributed by atoms with Crippen molar-refractivity contribution in [2.75, 3.05) is 6.61 Å². The van der Waals surface area contributed by atoms with Crippen LogP contribution < -0.4 is 5.32 Å². The number of aliphatic hydroxyl groups is 1. The van der Waals surface area contributed by atoms with E-state index in [0.29, 0.717) is 24.5 Å². The van der Waals surface area contributed by atoms with Gasteiger partial charge in [-0.25, -0.2) is 0 Å². The van der Waals surface area contributed by atoms with Crippen LogP contribution in [0, 0.1) is 5.92 Å². The molecular formula is C21H27NO. The number of hydrogen-bond donors (Lipinski definition) is 2. The first-order chi connectivity index (χ1) is 11.4. The summed E-state index contributed by atoms with van der Waals surface area (Å²) in [6.07, 6.45) is 4.60. The number of benzene rings is 2. The van der Waals surface area contributed by atoms with Crippen LogP contribution in [0.4, 0.5) is 0 Å². The average molecular weight is 309 g/mol. The van der Waals surface area contributed by atoms with Gasteiger partial charge < -0.3 is 10.4 Å². The molecule has 3 rings (SSSR count). The zero-order valence-electron chi connectivity index (χ0n) is 13.7. The fraction of sp³-hybridized carbons (Fsp3) is 0.429. The Morgan fingerprint density at radius 2 is 1.61 bits per heavy atom. The summed E-state index contributed by atoms with van der Waals surface area (Å²) in [6.45, 7) is 1.21. The molecule has 2 N–H and O–H groups in total. The molecule has 1 fully saturated rings. The lowest BCUT2D eigenvalue weighted by Gasteiger charge is -2.39. The molecule has 0 bridgehead atoms. The van der Waals surface area contributed by atoms with Crippen LogP contribution in [0.5, 0.6) is 0 Å². The summed E-state index contributed by atoms with van der Waals surface area (Å²) in [6, 6.07) is 22.0. The van der Waals surface area contributed by atoms with Crippen LogP contribution in [0.3, 0.4) is 0 Å². The second-order valence-corrected chi connectivity index (χ2v) is 6.61. The minimum atomic E-state index is 0.291. The van der Waals surface area contributed by atoms with Crippen molar-refractivity contribution in [1.29, 1.82) is 0 Å². The lowest BCUT2D eigenvalue weighted by Crippen LogP contribution is -2.41. The Morgan fingerprint density at radius 1 is 0.913 bits per heavy atom. The minimum absolute atomic E-state index is 0.291. The summed E-state index contributed by atoms with van der Waals surface area (Å²) < 4.78 is 0. The van der Waals surface area contributed by atoms with Gasteiger partial charge in [-0.05, 0) is 36.3 Å². The molecule has 2 aromatic rings. The summed E-state index contributed by atoms with van der Waals surface area (Å²) in [5, 5.41) is 13.3. The third kappa shape index (κ3) is 4.21. The molecule has 23 heavy (non-hydrogen) atoms. The quantitative estimate of drug-likeness (QED) is 0.841. The lowest BCUT2D eigenvalue weighted by atomic mass is 9.71. The third-order valence-corrected chi connectivity index (χ3v) is 5.13. The SMILES string of the molecule is OCC[C@@H]1CCCC(NCc2ccccc2)[C@@H]1c1ccccc1. The fourth-order valence-corrected chi connectivity index (χ4v) is 4.03. The lowest BCUT2D eigenvalue weighted by molar-refractivity contribution is 0.183. The first-order valence-corrected chi connectivity index (χ1v) is 8.81. The average Bonchev–Trinajstić information content (AvgIpc) is 2.62. The predicted molar refractivity (Wildman–Crippen MR) is 95.3 cm³/mol. The van der Waals surface area contributed by atoms with Crippen molar-refractivity contribution in [2.24, 2.45) is 5.92 Å². The molecule has 2 heteroatoms. The van der Waals surface area contributed by atoms with Crippen LogP contribution in [0.15, 0.2) is 60.7 Å². The first-order valence-electron chi connectivity index (χ1n) is 8.81. The maximum Gasteiger partial charge on any atom is 0.0433 e. The van der Waals surface area contributed by atoms with Crippen LogP contribution >= 0.6 is 0 Å². The topological polar surface area (TPSA) is 32.3 Å². The van der Waals surface area contributed by atoms with E-state index in [-0.39, 0.29) is 0 Å². The Hall–Kier alpha value is -1.64. The first kappa shape index (κ1) is 16.2. The summed E-state index contributed by atoms with van der Waals surface area (Å²) in [5.41, 5.74) is 2.75. The van der Waals surface area contributed by atoms with E-state index in [0.717, 1.165) is 13.0 Å². The van der Waals surface area contributed by atoms with Gasteiger partial charge in [-0.3, -0.25) is 0 Å². The molecule has 0 amide bonds. The van der Waals surface area contributed by atoms with Crippen molar-refractivity contribution in [3.8, 4) is 0 Å². The molecule has 0 saturated heterocycles. The highest BCUT2D eigenvalue weighted by atomic mass is 16.3. The number of hydrogen-bond acceptors (Lipinski definition) is 2. The maximum absolute atomic E-state index is 9.46. The van der Waals surface area contributed by atoms with E-state index in [1.807, 2.05) is 0 Å². The van der Waals surface area contributed by atoms with E-state index in [1.165, 1.54) is 30.4 Å². The Morgan fingerprint density at radius 3 is 2.30 bits per heavy atom. The fourth-order valence-electron chi connectivity index (χ4n) is 4.03. The van der Waals surface area contributed by atoms with Gasteiger partial charge in [0.05, 0.1) is 0 Å². The van der Waals surface area contributed by atoms with Crippen molar-refractivity contribution in [1.82, 2.24) is 5.32 Å². The standard InChI is InChI=1S/C21H27NO/c23-15-14-19-12-7-13-20(21(19)18-10-5-2-6-11-18)22-16-17-8-3-1-4-9-17/h1-6,8-11,19-23H,7,12-16H2/t19-,20?,21+/m0/s1. The van der Waals surface area contributed by atoms with E-state index in [2.05, 4.69) is 66.0 Å². The number of nitrogens with one attached hydrogen (secondary N) is 1. The highest BCUT2D eigenvalue weighted by Gasteiger charge is 2.33. The van der Waals surface area contributed by atoms with Gasteiger partial charge in [-0.15, -0.1) is 0 Å². The van der Waals surface area contributed by atoms with E-state index in [4.69, 9.17) is 0 Å². The summed E-state index contributed by atoms with van der Waals surface area (Å²) in [7, 11) is 0. The molecular weight excluding hydrogens is 282 g/mol. The van der Waals surface area contributed by atoms with Gasteiger partial charge in [0.25, 0.3) is 0 Å². The molecule has 1 aliphatic carbocycles. The largest absolute Gasteiger partial charge is 0.396 e. The van der Waals surface area contributed by atoms with Gasteiger partial charge in [-0.1, -0.05) is 67.1 Å². The van der Waals surface area contributed by atoms with E-state index >= 15 is 0 Å². The monoisotopic (exact) mass is 309 g/mol. The Bertz CT molecular complexity index is 567. The molecule has 1 unspecified atom stereocenters. The van der Waals surface area contributed by atoms with E-state index in [9.17, 15) is 5.11 Å². The number of aliphatic hydroxyl groups excluding tert-OH is 1. The van der Waals surface area contributed by atoms with Crippen molar-refractivity contribution in [3.63, 3.8) is 0 Å². The van der Waals surface area contributed by atoms with Crippen LogP contribution in [0.25, 0.3) is 0 Å². The smallest absolute Gasteiger partial charge is 0.0433 e. The van der Waals surface area contributed by atoms with Gasteiger partial charge in [0.2, 0.25) is 0 Å². The van der Waals surface area contributed by atoms with Crippen molar-refractivity contribution in [2.45, 2.75) is 44.2 Å². The third-order valence-electron chi connectivity index (χ3n) is 5.13. The second kappa shape index (κ2) is 8.28. The molecule has 2 aromatic carbocycles. The highest BCUT2D eigenvalue weighted by molar-refractivity contribution is 5.23. The molecule has 1 saturated carbocycles. The summed E-state index contributed by atoms with van der Waals surface area (Å²) in [5.74, 6) is 1.07. The van der Waals surface area contributed by atoms with Crippen molar-refractivity contribution in [3.05, 3.63) is 71.8 Å². The Labute approximate surface area is 139 Å². The zero-order chi connectivity index (χ0) is 15.9. The van der Waals surface area contributed by atoms with Crippen LogP contribution in [0.1, 0.15) is 42.7 Å². The molecule has 0 heterocycles. The van der Waals surface area contributed by atoms with E-state index < -0.39 is 0 Å². The highest BCUT2D eigenvalue weighted by Crippen LogP contribution is 2.39. The van der Waals surface area contributed by atoms with Gasteiger partial charge in [0.15, 0.2) is 0 Å². The van der Waals surface area contributed by atoms with Crippen molar-refractivity contribution >= 4 is 0 Å². The van der Waals surface area contributed by atoms with E-state index in [1.54, 1.807) is 0 Å². The predicted octanol–water partition coefficient (Wildman–Crippen LogP) is 4.11. The summed E-state index contributed by atoms with van der Waals surface area (Å²) >= 11 is 0. The van der Waals surface area contributed by atoms with Crippen LogP contribution in [-0.4, -0.2) is 17.8 Å². The normalized spacial score (nSPS) is 24.5. The Balaban J connectivity index is 1.75. The Kier molecular flexibility index (Phi) is 5.84. The van der Waals surface area contributed by atoms with Gasteiger partial charge in [-0.2, -0.15) is 0 Å². The molecule has 3 atom stereocenters. The van der Waals surface area contributed by atoms with Crippen LogP contribution in [0.2, 0.25) is 0 Å². The number of rotatable bonds is 6. The minimum Gasteiger partial charge on any atom is -0.396 e. The maximum atomic E-state index is 9.46. The molecule has 0 aliphatic heterocycles.